The third-order valence-corrected chi connectivity index (χ3v) is 4.80. The molecule has 0 radical (unpaired) electrons. The number of rotatable bonds is 3. The summed E-state index contributed by atoms with van der Waals surface area (Å²) in [5.74, 6) is 0.403. The molecule has 1 saturated heterocycles. The second kappa shape index (κ2) is 4.42. The van der Waals surface area contributed by atoms with Gasteiger partial charge in [0.1, 0.15) is 0 Å². The number of hydrogen-bond donors (Lipinski definition) is 1. The first-order valence-electron chi connectivity index (χ1n) is 5.58. The molecule has 15 heavy (non-hydrogen) atoms. The number of aliphatic hydroxyl groups excluding tert-OH is 1. The summed E-state index contributed by atoms with van der Waals surface area (Å²) in [6.07, 6.45) is 1.84. The molecule has 1 aliphatic rings. The Morgan fingerprint density at radius 2 is 2.00 bits per heavy atom. The van der Waals surface area contributed by atoms with Crippen LogP contribution in [0, 0.1) is 11.3 Å². The fraction of sp³-hybridized carbons (Fsp3) is 1.00. The maximum Gasteiger partial charge on any atom is 0.150 e. The minimum atomic E-state index is -2.85. The number of hydrogen-bond acceptors (Lipinski definition) is 3. The van der Waals surface area contributed by atoms with E-state index in [1.807, 2.05) is 0 Å². The van der Waals surface area contributed by atoms with Crippen molar-refractivity contribution >= 4 is 9.84 Å². The molecule has 2 unspecified atom stereocenters. The van der Waals surface area contributed by atoms with Gasteiger partial charge in [-0.2, -0.15) is 0 Å². The third-order valence-electron chi connectivity index (χ3n) is 3.00. The molecule has 0 bridgehead atoms. The van der Waals surface area contributed by atoms with Crippen LogP contribution in [0.4, 0.5) is 0 Å². The zero-order valence-electron chi connectivity index (χ0n) is 9.86. The summed E-state index contributed by atoms with van der Waals surface area (Å²) in [5.41, 5.74) is 0.207. The largest absolute Gasteiger partial charge is 0.393 e. The zero-order chi connectivity index (χ0) is 11.7. The van der Waals surface area contributed by atoms with E-state index in [1.165, 1.54) is 0 Å². The lowest BCUT2D eigenvalue weighted by molar-refractivity contribution is 0.0969. The summed E-state index contributed by atoms with van der Waals surface area (Å²) in [4.78, 5) is 0. The molecular weight excluding hydrogens is 212 g/mol. The van der Waals surface area contributed by atoms with Crippen LogP contribution in [0.5, 0.6) is 0 Å². The molecule has 4 heteroatoms. The van der Waals surface area contributed by atoms with E-state index in [0.717, 1.165) is 6.42 Å². The van der Waals surface area contributed by atoms with Crippen LogP contribution in [0.1, 0.15) is 40.0 Å². The van der Waals surface area contributed by atoms with Crippen molar-refractivity contribution in [3.8, 4) is 0 Å². The van der Waals surface area contributed by atoms with Crippen molar-refractivity contribution in [1.82, 2.24) is 0 Å². The van der Waals surface area contributed by atoms with E-state index in [9.17, 15) is 13.5 Å². The van der Waals surface area contributed by atoms with Gasteiger partial charge < -0.3 is 5.11 Å². The molecule has 90 valence electrons. The lowest BCUT2D eigenvalue weighted by atomic mass is 9.86. The average Bonchev–Trinajstić information content (AvgIpc) is 2.40. The molecule has 1 N–H and O–H groups in total. The second-order valence-corrected chi connectivity index (χ2v) is 8.06. The van der Waals surface area contributed by atoms with Crippen LogP contribution in [0.25, 0.3) is 0 Å². The summed E-state index contributed by atoms with van der Waals surface area (Å²) in [5, 5.41) is 9.88. The Hall–Kier alpha value is -0.0900. The Morgan fingerprint density at radius 3 is 2.40 bits per heavy atom. The van der Waals surface area contributed by atoms with Crippen molar-refractivity contribution in [2.45, 2.75) is 46.1 Å². The maximum absolute atomic E-state index is 11.2. The van der Waals surface area contributed by atoms with Crippen LogP contribution in [0.3, 0.4) is 0 Å². The van der Waals surface area contributed by atoms with Gasteiger partial charge in [0.05, 0.1) is 17.6 Å². The maximum atomic E-state index is 11.2. The highest BCUT2D eigenvalue weighted by Crippen LogP contribution is 2.28. The van der Waals surface area contributed by atoms with Crippen LogP contribution in [-0.2, 0) is 9.84 Å². The highest BCUT2D eigenvalue weighted by molar-refractivity contribution is 7.91. The molecular formula is C11H22O3S. The first-order chi connectivity index (χ1) is 6.70. The summed E-state index contributed by atoms with van der Waals surface area (Å²) in [7, 11) is -2.85. The van der Waals surface area contributed by atoms with Crippen LogP contribution in [0.15, 0.2) is 0 Å². The lowest BCUT2D eigenvalue weighted by Crippen LogP contribution is -2.23. The van der Waals surface area contributed by atoms with E-state index >= 15 is 0 Å². The quantitative estimate of drug-likeness (QED) is 0.807. The molecule has 1 heterocycles. The van der Waals surface area contributed by atoms with E-state index in [2.05, 4.69) is 20.8 Å². The van der Waals surface area contributed by atoms with Gasteiger partial charge in [0.15, 0.2) is 9.84 Å². The van der Waals surface area contributed by atoms with E-state index < -0.39 is 15.9 Å². The fourth-order valence-electron chi connectivity index (χ4n) is 1.94. The van der Waals surface area contributed by atoms with Gasteiger partial charge in [0.25, 0.3) is 0 Å². The van der Waals surface area contributed by atoms with Gasteiger partial charge in [-0.15, -0.1) is 0 Å². The van der Waals surface area contributed by atoms with Crippen molar-refractivity contribution < 1.29 is 13.5 Å². The molecule has 0 saturated carbocycles. The smallest absolute Gasteiger partial charge is 0.150 e. The second-order valence-electron chi connectivity index (χ2n) is 5.83. The van der Waals surface area contributed by atoms with Gasteiger partial charge in [-0.1, -0.05) is 20.8 Å². The molecule has 0 spiro atoms. The molecule has 1 rings (SSSR count). The van der Waals surface area contributed by atoms with Crippen LogP contribution >= 0.6 is 0 Å². The first-order valence-corrected chi connectivity index (χ1v) is 7.40. The molecule has 0 aromatic carbocycles. The SMILES string of the molecule is CC(C)(C)CCC(O)C1CCS(=O)(=O)C1. The van der Waals surface area contributed by atoms with Gasteiger partial charge in [-0.05, 0) is 30.6 Å². The van der Waals surface area contributed by atoms with Crippen LogP contribution < -0.4 is 0 Å². The number of aliphatic hydroxyl groups is 1. The Bertz CT molecular complexity index is 300. The van der Waals surface area contributed by atoms with Crippen molar-refractivity contribution in [3.63, 3.8) is 0 Å². The van der Waals surface area contributed by atoms with Gasteiger partial charge in [-0.3, -0.25) is 0 Å². The van der Waals surface area contributed by atoms with Gasteiger partial charge in [0, 0.05) is 0 Å². The van der Waals surface area contributed by atoms with Crippen molar-refractivity contribution in [3.05, 3.63) is 0 Å². The molecule has 2 atom stereocenters. The van der Waals surface area contributed by atoms with Crippen molar-refractivity contribution in [2.24, 2.45) is 11.3 Å². The minimum Gasteiger partial charge on any atom is -0.393 e. The average molecular weight is 234 g/mol. The lowest BCUT2D eigenvalue weighted by Gasteiger charge is -2.22. The Kier molecular flexibility index (Phi) is 3.82. The standard InChI is InChI=1S/C11H22O3S/c1-11(2,3)6-4-10(12)9-5-7-15(13,14)8-9/h9-10,12H,4-8H2,1-3H3. The van der Waals surface area contributed by atoms with Gasteiger partial charge >= 0.3 is 0 Å². The fourth-order valence-corrected chi connectivity index (χ4v) is 3.81. The highest BCUT2D eigenvalue weighted by Gasteiger charge is 2.32. The first kappa shape index (κ1) is 13.0. The molecule has 1 fully saturated rings. The minimum absolute atomic E-state index is 0.0302. The summed E-state index contributed by atoms with van der Waals surface area (Å²) in [6, 6.07) is 0. The Labute approximate surface area is 92.8 Å². The molecule has 0 aromatic rings. The summed E-state index contributed by atoms with van der Waals surface area (Å²) in [6.45, 7) is 6.39. The molecule has 0 amide bonds. The summed E-state index contributed by atoms with van der Waals surface area (Å²) < 4.78 is 22.5. The van der Waals surface area contributed by atoms with Crippen molar-refractivity contribution in [1.29, 1.82) is 0 Å². The summed E-state index contributed by atoms with van der Waals surface area (Å²) >= 11 is 0. The third kappa shape index (κ3) is 4.51. The highest BCUT2D eigenvalue weighted by atomic mass is 32.2. The van der Waals surface area contributed by atoms with Crippen molar-refractivity contribution in [2.75, 3.05) is 11.5 Å². The van der Waals surface area contributed by atoms with E-state index in [-0.39, 0.29) is 22.8 Å². The normalized spacial score (nSPS) is 27.9. The Morgan fingerprint density at radius 1 is 1.40 bits per heavy atom. The molecule has 1 aliphatic heterocycles. The van der Waals surface area contributed by atoms with Crippen LogP contribution in [-0.4, -0.2) is 31.1 Å². The number of sulfone groups is 1. The van der Waals surface area contributed by atoms with Gasteiger partial charge in [0.2, 0.25) is 0 Å². The van der Waals surface area contributed by atoms with Crippen LogP contribution in [0.2, 0.25) is 0 Å². The molecule has 3 nitrogen and oxygen atoms in total. The predicted octanol–water partition coefficient (Wildman–Crippen LogP) is 1.61. The predicted molar refractivity (Wildman–Crippen MR) is 61.5 cm³/mol. The van der Waals surface area contributed by atoms with E-state index in [0.29, 0.717) is 12.8 Å². The topological polar surface area (TPSA) is 54.4 Å². The van der Waals surface area contributed by atoms with E-state index in [1.54, 1.807) is 0 Å². The Balaban J connectivity index is 2.39. The molecule has 0 aromatic heterocycles. The van der Waals surface area contributed by atoms with Gasteiger partial charge in [-0.25, -0.2) is 8.42 Å². The monoisotopic (exact) mass is 234 g/mol. The molecule has 0 aliphatic carbocycles. The zero-order valence-corrected chi connectivity index (χ0v) is 10.7. The van der Waals surface area contributed by atoms with E-state index in [4.69, 9.17) is 0 Å².